The van der Waals surface area contributed by atoms with Crippen LogP contribution in [-0.4, -0.2) is 29.2 Å². The molecule has 154 valence electrons. The lowest BCUT2D eigenvalue weighted by molar-refractivity contribution is -0.137. The van der Waals surface area contributed by atoms with Crippen LogP contribution in [0.5, 0.6) is 5.75 Å². The molecule has 2 aromatic heterocycles. The Kier molecular flexibility index (Phi) is 5.26. The highest BCUT2D eigenvalue weighted by atomic mass is 19.4. The standard InChI is InChI=1S/C21H17F3N4O2/c22-21(23,24)15-4-1-3-14(13-15)17-5-6-18-19(27-17)28(11-2-12-30-18)20(29)26-16-7-9-25-10-8-16/h1,3-10,13H,2,11-12H2,(H,25,26,29). The van der Waals surface area contributed by atoms with Crippen molar-refractivity contribution < 1.29 is 22.7 Å². The number of hydrogen-bond acceptors (Lipinski definition) is 4. The van der Waals surface area contributed by atoms with Crippen molar-refractivity contribution in [1.29, 1.82) is 0 Å². The van der Waals surface area contributed by atoms with Gasteiger partial charge in [-0.1, -0.05) is 12.1 Å². The van der Waals surface area contributed by atoms with E-state index in [4.69, 9.17) is 4.74 Å². The summed E-state index contributed by atoms with van der Waals surface area (Å²) in [6.07, 6.45) is -0.765. The third-order valence-electron chi connectivity index (χ3n) is 4.54. The van der Waals surface area contributed by atoms with Crippen LogP contribution in [0.4, 0.5) is 29.5 Å². The van der Waals surface area contributed by atoms with Crippen LogP contribution >= 0.6 is 0 Å². The number of hydrogen-bond donors (Lipinski definition) is 1. The van der Waals surface area contributed by atoms with Gasteiger partial charge in [-0.3, -0.25) is 9.88 Å². The Labute approximate surface area is 170 Å². The van der Waals surface area contributed by atoms with Gasteiger partial charge in [0.25, 0.3) is 0 Å². The minimum atomic E-state index is -4.46. The predicted octanol–water partition coefficient (Wildman–Crippen LogP) is 4.98. The number of carbonyl (C=O) groups is 1. The molecule has 4 rings (SSSR count). The van der Waals surface area contributed by atoms with E-state index in [-0.39, 0.29) is 5.82 Å². The fourth-order valence-electron chi connectivity index (χ4n) is 3.09. The number of nitrogens with one attached hydrogen (secondary N) is 1. The Bertz CT molecular complexity index is 1060. The predicted molar refractivity (Wildman–Crippen MR) is 105 cm³/mol. The molecule has 1 aliphatic heterocycles. The van der Waals surface area contributed by atoms with Gasteiger partial charge in [0, 0.05) is 30.2 Å². The molecule has 1 N–H and O–H groups in total. The summed E-state index contributed by atoms with van der Waals surface area (Å²) in [5.74, 6) is 0.655. The summed E-state index contributed by atoms with van der Waals surface area (Å²) in [6, 6.07) is 11.0. The number of anilines is 2. The van der Waals surface area contributed by atoms with Crippen LogP contribution in [0.1, 0.15) is 12.0 Å². The third kappa shape index (κ3) is 4.19. The number of carbonyl (C=O) groups excluding carboxylic acids is 1. The Morgan fingerprint density at radius 2 is 1.90 bits per heavy atom. The number of urea groups is 1. The van der Waals surface area contributed by atoms with E-state index in [0.717, 1.165) is 12.1 Å². The number of amides is 2. The summed E-state index contributed by atoms with van der Waals surface area (Å²) in [5.41, 5.74) is 0.412. The monoisotopic (exact) mass is 414 g/mol. The van der Waals surface area contributed by atoms with Crippen molar-refractivity contribution in [3.8, 4) is 17.0 Å². The van der Waals surface area contributed by atoms with Crippen LogP contribution in [0, 0.1) is 0 Å². The molecule has 0 aliphatic carbocycles. The molecular formula is C21H17F3N4O2. The van der Waals surface area contributed by atoms with Crippen molar-refractivity contribution in [3.63, 3.8) is 0 Å². The molecule has 0 saturated heterocycles. The molecule has 3 aromatic rings. The lowest BCUT2D eigenvalue weighted by Crippen LogP contribution is -2.36. The molecule has 30 heavy (non-hydrogen) atoms. The van der Waals surface area contributed by atoms with Gasteiger partial charge in [0.15, 0.2) is 11.6 Å². The zero-order valence-electron chi connectivity index (χ0n) is 15.7. The van der Waals surface area contributed by atoms with Crippen LogP contribution in [0.2, 0.25) is 0 Å². The molecular weight excluding hydrogens is 397 g/mol. The Morgan fingerprint density at radius 3 is 2.67 bits per heavy atom. The van der Waals surface area contributed by atoms with E-state index in [1.807, 2.05) is 0 Å². The van der Waals surface area contributed by atoms with Crippen molar-refractivity contribution in [2.45, 2.75) is 12.6 Å². The largest absolute Gasteiger partial charge is 0.490 e. The molecule has 9 heteroatoms. The Morgan fingerprint density at radius 1 is 1.10 bits per heavy atom. The van der Waals surface area contributed by atoms with Crippen LogP contribution in [0.25, 0.3) is 11.3 Å². The number of benzene rings is 1. The minimum absolute atomic E-state index is 0.258. The number of halogens is 3. The van der Waals surface area contributed by atoms with Crippen molar-refractivity contribution in [2.24, 2.45) is 0 Å². The molecule has 0 spiro atoms. The minimum Gasteiger partial charge on any atom is -0.490 e. The van der Waals surface area contributed by atoms with E-state index in [9.17, 15) is 18.0 Å². The number of fused-ring (bicyclic) bond motifs is 1. The summed E-state index contributed by atoms with van der Waals surface area (Å²) in [7, 11) is 0. The van der Waals surface area contributed by atoms with Gasteiger partial charge in [-0.25, -0.2) is 9.78 Å². The van der Waals surface area contributed by atoms with Crippen LogP contribution < -0.4 is 15.0 Å². The Balaban J connectivity index is 1.69. The number of aromatic nitrogens is 2. The lowest BCUT2D eigenvalue weighted by atomic mass is 10.1. The maximum absolute atomic E-state index is 13.1. The third-order valence-corrected chi connectivity index (χ3v) is 4.54. The molecule has 0 unspecified atom stereocenters. The molecule has 3 heterocycles. The molecule has 1 aliphatic rings. The molecule has 0 bridgehead atoms. The molecule has 0 fully saturated rings. The second kappa shape index (κ2) is 8.02. The van der Waals surface area contributed by atoms with E-state index in [1.165, 1.54) is 11.0 Å². The first-order chi connectivity index (χ1) is 14.4. The van der Waals surface area contributed by atoms with Crippen LogP contribution in [0.15, 0.2) is 60.9 Å². The molecule has 0 saturated carbocycles. The first-order valence-electron chi connectivity index (χ1n) is 9.22. The normalized spacial score (nSPS) is 13.8. The molecule has 0 atom stereocenters. The Hall–Kier alpha value is -3.62. The SMILES string of the molecule is O=C(Nc1ccncc1)N1CCCOc2ccc(-c3cccc(C(F)(F)F)c3)nc21. The second-order valence-corrected chi connectivity index (χ2v) is 6.62. The molecule has 1 aromatic carbocycles. The molecule has 6 nitrogen and oxygen atoms in total. The topological polar surface area (TPSA) is 67.4 Å². The zero-order chi connectivity index (χ0) is 21.1. The van der Waals surface area contributed by atoms with Crippen molar-refractivity contribution in [2.75, 3.05) is 23.4 Å². The van der Waals surface area contributed by atoms with Gasteiger partial charge < -0.3 is 10.1 Å². The van der Waals surface area contributed by atoms with Gasteiger partial charge in [0.05, 0.1) is 17.9 Å². The van der Waals surface area contributed by atoms with Gasteiger partial charge in [-0.05, 0) is 42.8 Å². The number of rotatable bonds is 2. The zero-order valence-corrected chi connectivity index (χ0v) is 15.7. The first kappa shape index (κ1) is 19.7. The highest BCUT2D eigenvalue weighted by molar-refractivity contribution is 6.02. The van der Waals surface area contributed by atoms with Gasteiger partial charge >= 0.3 is 12.2 Å². The summed E-state index contributed by atoms with van der Waals surface area (Å²) < 4.78 is 44.9. The second-order valence-electron chi connectivity index (χ2n) is 6.62. The average Bonchev–Trinajstić information content (AvgIpc) is 2.96. The van der Waals surface area contributed by atoms with Crippen LogP contribution in [0.3, 0.4) is 0 Å². The molecule has 2 amide bonds. The van der Waals surface area contributed by atoms with E-state index >= 15 is 0 Å². The summed E-state index contributed by atoms with van der Waals surface area (Å²) in [5, 5.41) is 2.77. The smallest absolute Gasteiger partial charge is 0.416 e. The van der Waals surface area contributed by atoms with Crippen LogP contribution in [-0.2, 0) is 6.18 Å². The number of alkyl halides is 3. The number of ether oxygens (including phenoxy) is 1. The maximum atomic E-state index is 13.1. The van der Waals surface area contributed by atoms with Crippen molar-refractivity contribution in [3.05, 3.63) is 66.5 Å². The van der Waals surface area contributed by atoms with E-state index in [2.05, 4.69) is 15.3 Å². The summed E-state index contributed by atoms with van der Waals surface area (Å²) in [6.45, 7) is 0.750. The lowest BCUT2D eigenvalue weighted by Gasteiger charge is -2.21. The fraction of sp³-hybridized carbons (Fsp3) is 0.190. The van der Waals surface area contributed by atoms with Gasteiger partial charge in [-0.2, -0.15) is 13.2 Å². The van der Waals surface area contributed by atoms with E-state index in [0.29, 0.717) is 42.3 Å². The molecule has 0 radical (unpaired) electrons. The number of nitrogens with zero attached hydrogens (tertiary/aromatic N) is 3. The average molecular weight is 414 g/mol. The fourth-order valence-corrected chi connectivity index (χ4v) is 3.09. The highest BCUT2D eigenvalue weighted by Gasteiger charge is 2.31. The van der Waals surface area contributed by atoms with Gasteiger partial charge in [0.2, 0.25) is 0 Å². The first-order valence-corrected chi connectivity index (χ1v) is 9.22. The van der Waals surface area contributed by atoms with Gasteiger partial charge in [-0.15, -0.1) is 0 Å². The maximum Gasteiger partial charge on any atom is 0.416 e. The van der Waals surface area contributed by atoms with Crippen molar-refractivity contribution in [1.82, 2.24) is 9.97 Å². The van der Waals surface area contributed by atoms with E-state index < -0.39 is 17.8 Å². The number of pyridine rings is 2. The van der Waals surface area contributed by atoms with Gasteiger partial charge in [0.1, 0.15) is 0 Å². The van der Waals surface area contributed by atoms with E-state index in [1.54, 1.807) is 42.7 Å². The van der Waals surface area contributed by atoms with Crippen molar-refractivity contribution >= 4 is 17.5 Å². The summed E-state index contributed by atoms with van der Waals surface area (Å²) >= 11 is 0. The summed E-state index contributed by atoms with van der Waals surface area (Å²) in [4.78, 5) is 22.7. The highest BCUT2D eigenvalue weighted by Crippen LogP contribution is 2.35. The quantitative estimate of drug-likeness (QED) is 0.642.